The molecular formula is C8H10N2O3S. The molecule has 0 bridgehead atoms. The third-order valence-corrected chi connectivity index (χ3v) is 4.09. The van der Waals surface area contributed by atoms with Gasteiger partial charge in [-0.1, -0.05) is 0 Å². The number of nitrogens with zero attached hydrogens (tertiary/aromatic N) is 2. The Morgan fingerprint density at radius 2 is 2.36 bits per heavy atom. The van der Waals surface area contributed by atoms with Gasteiger partial charge in [0.15, 0.2) is 16.1 Å². The molecule has 0 aromatic carbocycles. The van der Waals surface area contributed by atoms with Crippen LogP contribution in [0.5, 0.6) is 0 Å². The highest BCUT2D eigenvalue weighted by atomic mass is 32.2. The predicted molar refractivity (Wildman–Crippen MR) is 49.9 cm³/mol. The van der Waals surface area contributed by atoms with Crippen LogP contribution in [-0.4, -0.2) is 36.0 Å². The number of rotatable bonds is 2. The maximum absolute atomic E-state index is 11.2. The molecule has 1 saturated heterocycles. The van der Waals surface area contributed by atoms with Gasteiger partial charge in [0.25, 0.3) is 0 Å². The molecule has 0 saturated carbocycles. The van der Waals surface area contributed by atoms with Crippen molar-refractivity contribution in [2.24, 2.45) is 0 Å². The summed E-state index contributed by atoms with van der Waals surface area (Å²) >= 11 is 0. The van der Waals surface area contributed by atoms with Crippen molar-refractivity contribution >= 4 is 16.1 Å². The van der Waals surface area contributed by atoms with E-state index in [-0.39, 0.29) is 17.5 Å². The van der Waals surface area contributed by atoms with Crippen LogP contribution >= 0.6 is 0 Å². The fourth-order valence-electron chi connectivity index (χ4n) is 1.60. The Hall–Kier alpha value is -1.17. The number of hydrogen-bond donors (Lipinski definition) is 0. The fraction of sp³-hybridized carbons (Fsp3) is 0.500. The number of carbonyl (C=O) groups excluding carboxylic acids is 1. The first-order valence-corrected chi connectivity index (χ1v) is 6.12. The molecule has 0 spiro atoms. The second-order valence-corrected chi connectivity index (χ2v) is 5.66. The molecule has 14 heavy (non-hydrogen) atoms. The molecule has 1 aliphatic rings. The summed E-state index contributed by atoms with van der Waals surface area (Å²) in [5.74, 6) is 0.348. The lowest BCUT2D eigenvalue weighted by molar-refractivity contribution is 0.112. The number of aromatic nitrogens is 2. The highest BCUT2D eigenvalue weighted by molar-refractivity contribution is 7.91. The average molecular weight is 214 g/mol. The Labute approximate surface area is 81.6 Å². The van der Waals surface area contributed by atoms with Crippen molar-refractivity contribution < 1.29 is 13.2 Å². The van der Waals surface area contributed by atoms with Gasteiger partial charge in [-0.3, -0.25) is 9.48 Å². The minimum atomic E-state index is -2.89. The van der Waals surface area contributed by atoms with Crippen LogP contribution in [0.2, 0.25) is 0 Å². The standard InChI is InChI=1S/C8H10N2O3S/c11-5-7-3-9-10(4-7)8-1-2-14(12,13)6-8/h3-5,8H,1-2,6H2/t8-/m1/s1. The van der Waals surface area contributed by atoms with E-state index < -0.39 is 9.84 Å². The first kappa shape index (κ1) is 9.39. The predicted octanol–water partition coefficient (Wildman–Crippen LogP) is 0.0552. The van der Waals surface area contributed by atoms with Crippen molar-refractivity contribution in [3.63, 3.8) is 0 Å². The van der Waals surface area contributed by atoms with Gasteiger partial charge in [0.05, 0.1) is 29.3 Å². The molecule has 1 aliphatic heterocycles. The Morgan fingerprint density at radius 1 is 1.57 bits per heavy atom. The quantitative estimate of drug-likeness (QED) is 0.652. The fourth-order valence-corrected chi connectivity index (χ4v) is 3.30. The molecule has 76 valence electrons. The molecule has 0 aliphatic carbocycles. The van der Waals surface area contributed by atoms with Crippen LogP contribution in [0.4, 0.5) is 0 Å². The average Bonchev–Trinajstić information content (AvgIpc) is 2.70. The van der Waals surface area contributed by atoms with Crippen LogP contribution < -0.4 is 0 Å². The molecule has 0 N–H and O–H groups in total. The molecule has 0 unspecified atom stereocenters. The van der Waals surface area contributed by atoms with Gasteiger partial charge in [0, 0.05) is 6.20 Å². The van der Waals surface area contributed by atoms with E-state index in [0.717, 1.165) is 0 Å². The second kappa shape index (κ2) is 3.20. The number of hydrogen-bond acceptors (Lipinski definition) is 4. The number of aldehydes is 1. The summed E-state index contributed by atoms with van der Waals surface area (Å²) in [6, 6.07) is -0.103. The van der Waals surface area contributed by atoms with Crippen molar-refractivity contribution in [2.75, 3.05) is 11.5 Å². The summed E-state index contributed by atoms with van der Waals surface area (Å²) in [5.41, 5.74) is 0.481. The third kappa shape index (κ3) is 1.70. The monoisotopic (exact) mass is 214 g/mol. The maximum Gasteiger partial charge on any atom is 0.153 e. The van der Waals surface area contributed by atoms with Gasteiger partial charge in [0.1, 0.15) is 0 Å². The number of sulfone groups is 1. The molecular weight excluding hydrogens is 204 g/mol. The zero-order valence-electron chi connectivity index (χ0n) is 7.46. The second-order valence-electron chi connectivity index (χ2n) is 3.43. The van der Waals surface area contributed by atoms with Crippen LogP contribution in [0.3, 0.4) is 0 Å². The summed E-state index contributed by atoms with van der Waals surface area (Å²) in [4.78, 5) is 10.4. The van der Waals surface area contributed by atoms with Crippen LogP contribution in [0, 0.1) is 0 Å². The summed E-state index contributed by atoms with van der Waals surface area (Å²) in [6.45, 7) is 0. The summed E-state index contributed by atoms with van der Waals surface area (Å²) in [7, 11) is -2.89. The first-order chi connectivity index (χ1) is 6.61. The van der Waals surface area contributed by atoms with Crippen LogP contribution in [0.15, 0.2) is 12.4 Å². The van der Waals surface area contributed by atoms with Gasteiger partial charge < -0.3 is 0 Å². The van der Waals surface area contributed by atoms with E-state index in [1.54, 1.807) is 10.9 Å². The molecule has 0 amide bonds. The van der Waals surface area contributed by atoms with Gasteiger partial charge in [-0.25, -0.2) is 8.42 Å². The molecule has 1 atom stereocenters. The Morgan fingerprint density at radius 3 is 2.86 bits per heavy atom. The van der Waals surface area contributed by atoms with E-state index in [0.29, 0.717) is 18.3 Å². The highest BCUT2D eigenvalue weighted by Gasteiger charge is 2.29. The molecule has 6 heteroatoms. The van der Waals surface area contributed by atoms with E-state index in [9.17, 15) is 13.2 Å². The Balaban J connectivity index is 2.21. The van der Waals surface area contributed by atoms with E-state index in [1.165, 1.54) is 6.20 Å². The zero-order valence-corrected chi connectivity index (χ0v) is 8.27. The summed E-state index contributed by atoms with van der Waals surface area (Å²) in [6.07, 6.45) is 4.31. The minimum absolute atomic E-state index is 0.103. The van der Waals surface area contributed by atoms with Gasteiger partial charge in [-0.15, -0.1) is 0 Å². The lowest BCUT2D eigenvalue weighted by atomic mass is 10.3. The summed E-state index contributed by atoms with van der Waals surface area (Å²) in [5, 5.41) is 3.96. The largest absolute Gasteiger partial charge is 0.298 e. The van der Waals surface area contributed by atoms with Gasteiger partial charge in [-0.2, -0.15) is 5.10 Å². The topological polar surface area (TPSA) is 69.0 Å². The van der Waals surface area contributed by atoms with E-state index in [2.05, 4.69) is 5.10 Å². The van der Waals surface area contributed by atoms with Crippen LogP contribution in [0.1, 0.15) is 22.8 Å². The van der Waals surface area contributed by atoms with Crippen molar-refractivity contribution in [1.29, 1.82) is 0 Å². The van der Waals surface area contributed by atoms with Crippen LogP contribution in [0.25, 0.3) is 0 Å². The molecule has 2 heterocycles. The highest BCUT2D eigenvalue weighted by Crippen LogP contribution is 2.22. The molecule has 1 aromatic rings. The SMILES string of the molecule is O=Cc1cnn([C@@H]2CCS(=O)(=O)C2)c1. The number of carbonyl (C=O) groups is 1. The van der Waals surface area contributed by atoms with Crippen molar-refractivity contribution in [3.8, 4) is 0 Å². The van der Waals surface area contributed by atoms with Gasteiger partial charge in [-0.05, 0) is 6.42 Å². The minimum Gasteiger partial charge on any atom is -0.298 e. The lowest BCUT2D eigenvalue weighted by Crippen LogP contribution is -2.11. The molecule has 1 aromatic heterocycles. The maximum atomic E-state index is 11.2. The van der Waals surface area contributed by atoms with Crippen molar-refractivity contribution in [2.45, 2.75) is 12.5 Å². The van der Waals surface area contributed by atoms with Crippen molar-refractivity contribution in [1.82, 2.24) is 9.78 Å². The van der Waals surface area contributed by atoms with Crippen LogP contribution in [-0.2, 0) is 9.84 Å². The van der Waals surface area contributed by atoms with E-state index in [1.807, 2.05) is 0 Å². The lowest BCUT2D eigenvalue weighted by Gasteiger charge is -2.06. The van der Waals surface area contributed by atoms with E-state index >= 15 is 0 Å². The van der Waals surface area contributed by atoms with Gasteiger partial charge in [0.2, 0.25) is 0 Å². The summed E-state index contributed by atoms with van der Waals surface area (Å²) < 4.78 is 23.9. The molecule has 1 fully saturated rings. The zero-order chi connectivity index (χ0) is 10.2. The van der Waals surface area contributed by atoms with Crippen molar-refractivity contribution in [3.05, 3.63) is 18.0 Å². The Bertz CT molecular complexity index is 449. The van der Waals surface area contributed by atoms with E-state index in [4.69, 9.17) is 0 Å². The molecule has 0 radical (unpaired) electrons. The molecule has 2 rings (SSSR count). The smallest absolute Gasteiger partial charge is 0.153 e. The molecule has 5 nitrogen and oxygen atoms in total. The third-order valence-electron chi connectivity index (χ3n) is 2.34. The van der Waals surface area contributed by atoms with Gasteiger partial charge >= 0.3 is 0 Å². The first-order valence-electron chi connectivity index (χ1n) is 4.30. The Kier molecular flexibility index (Phi) is 2.14. The normalized spacial score (nSPS) is 25.0.